The van der Waals surface area contributed by atoms with Gasteiger partial charge in [-0.15, -0.1) is 0 Å². The third-order valence-electron chi connectivity index (χ3n) is 2.51. The van der Waals surface area contributed by atoms with E-state index in [1.807, 2.05) is 13.8 Å². The number of rotatable bonds is 6. The molecule has 0 fully saturated rings. The van der Waals surface area contributed by atoms with Crippen molar-refractivity contribution < 1.29 is 4.79 Å². The number of aromatic amines is 1. The van der Waals surface area contributed by atoms with Crippen LogP contribution in [0.4, 0.5) is 0 Å². The van der Waals surface area contributed by atoms with Crippen LogP contribution in [0.15, 0.2) is 12.4 Å². The van der Waals surface area contributed by atoms with Crippen molar-refractivity contribution in [1.82, 2.24) is 15.3 Å². The van der Waals surface area contributed by atoms with Crippen LogP contribution in [0.1, 0.15) is 45.0 Å². The Morgan fingerprint density at radius 1 is 1.62 bits per heavy atom. The van der Waals surface area contributed by atoms with Crippen LogP contribution in [0, 0.1) is 0 Å². The number of H-pyrrole nitrogens is 1. The molecule has 16 heavy (non-hydrogen) atoms. The van der Waals surface area contributed by atoms with Crippen LogP contribution in [-0.2, 0) is 4.79 Å². The third kappa shape index (κ3) is 3.34. The Hall–Kier alpha value is -1.36. The molecule has 2 atom stereocenters. The van der Waals surface area contributed by atoms with E-state index in [0.717, 1.165) is 18.7 Å². The second-order valence-corrected chi connectivity index (χ2v) is 3.84. The number of imidazole rings is 1. The van der Waals surface area contributed by atoms with Crippen molar-refractivity contribution in [2.24, 2.45) is 5.73 Å². The Bertz CT molecular complexity index is 310. The summed E-state index contributed by atoms with van der Waals surface area (Å²) in [6, 6.07) is -0.501. The fraction of sp³-hybridized carbons (Fsp3) is 0.636. The van der Waals surface area contributed by atoms with Crippen LogP contribution < -0.4 is 11.1 Å². The molecule has 1 aromatic heterocycles. The van der Waals surface area contributed by atoms with Crippen LogP contribution in [0.5, 0.6) is 0 Å². The Labute approximate surface area is 95.8 Å². The second-order valence-electron chi connectivity index (χ2n) is 3.84. The lowest BCUT2D eigenvalue weighted by atomic mass is 10.1. The average molecular weight is 224 g/mol. The van der Waals surface area contributed by atoms with Crippen molar-refractivity contribution in [1.29, 1.82) is 0 Å². The maximum absolute atomic E-state index is 11.7. The van der Waals surface area contributed by atoms with Gasteiger partial charge >= 0.3 is 0 Å². The minimum absolute atomic E-state index is 0.0783. The molecule has 0 spiro atoms. The molecule has 0 aromatic carbocycles. The molecule has 0 aliphatic carbocycles. The Morgan fingerprint density at radius 3 is 2.88 bits per heavy atom. The van der Waals surface area contributed by atoms with Crippen molar-refractivity contribution in [2.45, 2.75) is 45.2 Å². The molecule has 4 N–H and O–H groups in total. The maximum Gasteiger partial charge on any atom is 0.237 e. The smallest absolute Gasteiger partial charge is 0.237 e. The van der Waals surface area contributed by atoms with Crippen LogP contribution >= 0.6 is 0 Å². The van der Waals surface area contributed by atoms with E-state index in [2.05, 4.69) is 15.3 Å². The van der Waals surface area contributed by atoms with Crippen molar-refractivity contribution in [3.05, 3.63) is 18.2 Å². The SMILES string of the molecule is CCC[C@@H](N)C(=O)NC(CC)c1ncc[nH]1. The van der Waals surface area contributed by atoms with E-state index in [1.165, 1.54) is 0 Å². The fourth-order valence-corrected chi connectivity index (χ4v) is 1.55. The van der Waals surface area contributed by atoms with Gasteiger partial charge in [-0.1, -0.05) is 20.3 Å². The largest absolute Gasteiger partial charge is 0.347 e. The van der Waals surface area contributed by atoms with Gasteiger partial charge in [0.05, 0.1) is 12.1 Å². The second kappa shape index (κ2) is 6.27. The van der Waals surface area contributed by atoms with Gasteiger partial charge in [0.15, 0.2) is 0 Å². The molecule has 1 aromatic rings. The molecule has 0 aliphatic heterocycles. The summed E-state index contributed by atoms with van der Waals surface area (Å²) in [5, 5.41) is 2.90. The topological polar surface area (TPSA) is 83.8 Å². The summed E-state index contributed by atoms with van der Waals surface area (Å²) in [5.74, 6) is 0.671. The summed E-state index contributed by atoms with van der Waals surface area (Å²) < 4.78 is 0. The lowest BCUT2D eigenvalue weighted by Gasteiger charge is -2.17. The number of nitrogens with zero attached hydrogens (tertiary/aromatic N) is 1. The molecular weight excluding hydrogens is 204 g/mol. The minimum Gasteiger partial charge on any atom is -0.347 e. The molecule has 0 radical (unpaired) electrons. The first-order valence-corrected chi connectivity index (χ1v) is 5.74. The van der Waals surface area contributed by atoms with Gasteiger partial charge in [-0.2, -0.15) is 0 Å². The Morgan fingerprint density at radius 2 is 2.38 bits per heavy atom. The number of amides is 1. The van der Waals surface area contributed by atoms with E-state index in [0.29, 0.717) is 6.42 Å². The van der Waals surface area contributed by atoms with Crippen molar-refractivity contribution in [2.75, 3.05) is 0 Å². The molecular formula is C11H20N4O. The number of nitrogens with two attached hydrogens (primary N) is 1. The van der Waals surface area contributed by atoms with Crippen molar-refractivity contribution in [3.63, 3.8) is 0 Å². The predicted octanol–water partition coefficient (Wildman–Crippen LogP) is 1.10. The first kappa shape index (κ1) is 12.7. The van der Waals surface area contributed by atoms with Crippen molar-refractivity contribution in [3.8, 4) is 0 Å². The normalized spacial score (nSPS) is 14.4. The van der Waals surface area contributed by atoms with Gasteiger partial charge < -0.3 is 16.0 Å². The highest BCUT2D eigenvalue weighted by atomic mass is 16.2. The lowest BCUT2D eigenvalue weighted by Crippen LogP contribution is -2.42. The van der Waals surface area contributed by atoms with E-state index in [-0.39, 0.29) is 11.9 Å². The molecule has 1 heterocycles. The average Bonchev–Trinajstić information content (AvgIpc) is 2.79. The Balaban J connectivity index is 2.54. The quantitative estimate of drug-likeness (QED) is 0.676. The van der Waals surface area contributed by atoms with Gasteiger partial charge in [0.25, 0.3) is 0 Å². The van der Waals surface area contributed by atoms with Crippen LogP contribution in [0.25, 0.3) is 0 Å². The highest BCUT2D eigenvalue weighted by Crippen LogP contribution is 2.11. The zero-order valence-corrected chi connectivity index (χ0v) is 9.86. The van der Waals surface area contributed by atoms with E-state index in [4.69, 9.17) is 5.73 Å². The van der Waals surface area contributed by atoms with E-state index in [9.17, 15) is 4.79 Å². The maximum atomic E-state index is 11.7. The van der Waals surface area contributed by atoms with E-state index in [1.54, 1.807) is 12.4 Å². The van der Waals surface area contributed by atoms with Crippen LogP contribution in [0.2, 0.25) is 0 Å². The zero-order chi connectivity index (χ0) is 12.0. The number of aromatic nitrogens is 2. The number of carbonyl (C=O) groups excluding carboxylic acids is 1. The summed E-state index contributed by atoms with van der Waals surface area (Å²) in [5.41, 5.74) is 5.74. The number of carbonyl (C=O) groups is 1. The first-order chi connectivity index (χ1) is 7.69. The molecule has 0 saturated heterocycles. The van der Waals surface area contributed by atoms with E-state index < -0.39 is 6.04 Å². The van der Waals surface area contributed by atoms with Gasteiger partial charge in [-0.05, 0) is 12.8 Å². The Kier molecular flexibility index (Phi) is 4.98. The fourth-order valence-electron chi connectivity index (χ4n) is 1.55. The number of hydrogen-bond donors (Lipinski definition) is 3. The van der Waals surface area contributed by atoms with Gasteiger partial charge in [0.1, 0.15) is 5.82 Å². The number of hydrogen-bond acceptors (Lipinski definition) is 3. The highest BCUT2D eigenvalue weighted by Gasteiger charge is 2.18. The van der Waals surface area contributed by atoms with Crippen LogP contribution in [-0.4, -0.2) is 21.9 Å². The molecule has 90 valence electrons. The van der Waals surface area contributed by atoms with Gasteiger partial charge in [-0.25, -0.2) is 4.98 Å². The first-order valence-electron chi connectivity index (χ1n) is 5.74. The van der Waals surface area contributed by atoms with E-state index >= 15 is 0 Å². The molecule has 1 amide bonds. The molecule has 5 nitrogen and oxygen atoms in total. The van der Waals surface area contributed by atoms with Crippen molar-refractivity contribution >= 4 is 5.91 Å². The summed E-state index contributed by atoms with van der Waals surface area (Å²) >= 11 is 0. The molecule has 5 heteroatoms. The van der Waals surface area contributed by atoms with Gasteiger partial charge in [-0.3, -0.25) is 4.79 Å². The third-order valence-corrected chi connectivity index (χ3v) is 2.51. The highest BCUT2D eigenvalue weighted by molar-refractivity contribution is 5.81. The monoisotopic (exact) mass is 224 g/mol. The molecule has 0 bridgehead atoms. The molecule has 0 saturated carbocycles. The zero-order valence-electron chi connectivity index (χ0n) is 9.86. The minimum atomic E-state index is -0.422. The summed E-state index contributed by atoms with van der Waals surface area (Å²) in [4.78, 5) is 18.9. The molecule has 1 rings (SSSR count). The lowest BCUT2D eigenvalue weighted by molar-refractivity contribution is -0.123. The summed E-state index contributed by atoms with van der Waals surface area (Å²) in [6.45, 7) is 4.01. The van der Waals surface area contributed by atoms with Gasteiger partial charge in [0, 0.05) is 12.4 Å². The predicted molar refractivity (Wildman–Crippen MR) is 62.6 cm³/mol. The summed E-state index contributed by atoms with van der Waals surface area (Å²) in [6.07, 6.45) is 5.83. The molecule has 1 unspecified atom stereocenters. The number of nitrogens with one attached hydrogen (secondary N) is 2. The molecule has 0 aliphatic rings. The standard InChI is InChI=1S/C11H20N4O/c1-3-5-8(12)11(16)15-9(4-2)10-13-6-7-14-10/h6-9H,3-5,12H2,1-2H3,(H,13,14)(H,15,16)/t8-,9?/m1/s1. The van der Waals surface area contributed by atoms with Crippen LogP contribution in [0.3, 0.4) is 0 Å². The summed E-state index contributed by atoms with van der Waals surface area (Å²) in [7, 11) is 0. The van der Waals surface area contributed by atoms with Gasteiger partial charge in [0.2, 0.25) is 5.91 Å².